The number of aliphatic hydroxyl groups excluding tert-OH is 3. The van der Waals surface area contributed by atoms with Gasteiger partial charge >= 0.3 is 24.1 Å². The summed E-state index contributed by atoms with van der Waals surface area (Å²) in [6, 6.07) is 19.1. The van der Waals surface area contributed by atoms with Crippen LogP contribution in [0, 0.1) is 23.2 Å². The maximum absolute atomic E-state index is 13.8. The summed E-state index contributed by atoms with van der Waals surface area (Å²) in [6.07, 6.45) is 1.35. The molecule has 8 atom stereocenters. The molecule has 0 radical (unpaired) electrons. The fourth-order valence-electron chi connectivity index (χ4n) is 16.9. The molecular weight excluding hydrogens is 1420 g/mol. The number of thiazole rings is 1. The van der Waals surface area contributed by atoms with Gasteiger partial charge in [-0.1, -0.05) is 55.9 Å². The molecule has 4 saturated carbocycles. The van der Waals surface area contributed by atoms with Crippen LogP contribution in [0.15, 0.2) is 91.1 Å². The van der Waals surface area contributed by atoms with E-state index >= 15 is 0 Å². The lowest BCUT2D eigenvalue weighted by Gasteiger charge is -2.69. The van der Waals surface area contributed by atoms with Crippen molar-refractivity contribution in [2.24, 2.45) is 16.2 Å². The number of aromatic nitrogens is 4. The van der Waals surface area contributed by atoms with Crippen molar-refractivity contribution in [1.29, 1.82) is 0 Å². The summed E-state index contributed by atoms with van der Waals surface area (Å²) >= 11 is 1.40. The number of unbranched alkanes of at least 4 members (excludes halogenated alkanes) is 2. The van der Waals surface area contributed by atoms with Crippen molar-refractivity contribution in [3.8, 4) is 33.9 Å². The van der Waals surface area contributed by atoms with Gasteiger partial charge in [0.05, 0.1) is 40.9 Å². The minimum atomic E-state index is -4.77. The first-order chi connectivity index (χ1) is 50.4. The van der Waals surface area contributed by atoms with Gasteiger partial charge in [-0.3, -0.25) is 43.5 Å². The third-order valence-electron chi connectivity index (χ3n) is 20.6. The molecule has 7 aliphatic rings. The maximum atomic E-state index is 13.8. The number of carbonyl (C=O) groups excluding carboxylic acids is 6. The number of nitrogens with zero attached hydrogens (tertiary/aromatic N) is 7. The molecule has 13 rings (SSSR count). The third-order valence-corrected chi connectivity index (χ3v) is 22.3. The zero-order chi connectivity index (χ0) is 75.6. The van der Waals surface area contributed by atoms with Gasteiger partial charge in [0, 0.05) is 98.0 Å². The summed E-state index contributed by atoms with van der Waals surface area (Å²) in [6.45, 7) is 7.35. The number of rotatable bonds is 30. The molecule has 3 aliphatic heterocycles. The van der Waals surface area contributed by atoms with Crippen LogP contribution in [0.3, 0.4) is 0 Å². The van der Waals surface area contributed by atoms with E-state index in [1.165, 1.54) is 34.4 Å². The fraction of sp³-hybridized carbons (Fsp3) is 0.493. The molecule has 3 aromatic heterocycles. The lowest BCUT2D eigenvalue weighted by Crippen LogP contribution is -2.64. The number of amides is 7. The van der Waals surface area contributed by atoms with Gasteiger partial charge in [0.15, 0.2) is 16.9 Å². The number of para-hydroxylation sites is 1. The monoisotopic (exact) mass is 1500 g/mol. The Balaban J connectivity index is 0.666. The molecule has 106 heavy (non-hydrogen) atoms. The number of anilines is 2. The molecule has 5 fully saturated rings. The van der Waals surface area contributed by atoms with Crippen molar-refractivity contribution >= 4 is 90.2 Å². The van der Waals surface area contributed by atoms with Crippen LogP contribution in [-0.2, 0) is 67.9 Å². The van der Waals surface area contributed by atoms with E-state index in [0.717, 1.165) is 89.9 Å². The van der Waals surface area contributed by atoms with Gasteiger partial charge in [0.2, 0.25) is 18.1 Å². The molecule has 4 aliphatic carbocycles. The molecule has 1 saturated heterocycles. The fourth-order valence-corrected chi connectivity index (χ4v) is 18.4. The number of likely N-dealkylation sites (N-methyl/N-ethyl adjacent to an activating group) is 1. The normalized spacial score (nSPS) is 24.7. The molecule has 9 N–H and O–H groups in total. The number of ether oxygens (including phenoxy) is 5. The molecule has 7 amide bonds. The number of aliphatic hydroxyl groups is 3. The quantitative estimate of drug-likeness (QED) is 0.0130. The lowest BCUT2D eigenvalue weighted by atomic mass is 9.39. The third kappa shape index (κ3) is 17.3. The predicted octanol–water partition coefficient (Wildman–Crippen LogP) is 6.63. The highest BCUT2D eigenvalue weighted by atomic mass is 32.2. The summed E-state index contributed by atoms with van der Waals surface area (Å²) in [7, 11) is -3.21. The zero-order valence-electron chi connectivity index (χ0n) is 58.9. The molecular formula is C73H86N10O21S2. The molecule has 4 bridgehead atoms. The van der Waals surface area contributed by atoms with Crippen LogP contribution < -0.4 is 30.3 Å². The summed E-state index contributed by atoms with van der Waals surface area (Å²) in [5.74, 6) is -6.55. The van der Waals surface area contributed by atoms with Crippen LogP contribution in [-0.4, -0.2) is 210 Å². The highest BCUT2D eigenvalue weighted by Gasteiger charge is 2.66. The van der Waals surface area contributed by atoms with E-state index in [4.69, 9.17) is 33.8 Å². The van der Waals surface area contributed by atoms with Crippen molar-refractivity contribution in [3.63, 3.8) is 0 Å². The Bertz CT molecular complexity index is 4480. The van der Waals surface area contributed by atoms with E-state index in [2.05, 4.69) is 34.8 Å². The number of pyridine rings is 1. The lowest BCUT2D eigenvalue weighted by molar-refractivity contribution is -0.271. The molecule has 6 heterocycles. The number of benzene rings is 3. The van der Waals surface area contributed by atoms with E-state index < -0.39 is 99.9 Å². The molecule has 566 valence electrons. The Morgan fingerprint density at radius 3 is 2.32 bits per heavy atom. The number of carbonyl (C=O) groups is 8. The average Bonchev–Trinajstić information content (AvgIpc) is 0.844. The highest BCUT2D eigenvalue weighted by molar-refractivity contribution is 7.85. The van der Waals surface area contributed by atoms with E-state index in [-0.39, 0.29) is 104 Å². The number of fused-ring (bicyclic) bond motifs is 2. The largest absolute Gasteiger partial charge is 0.493 e. The van der Waals surface area contributed by atoms with Gasteiger partial charge in [0.1, 0.15) is 48.2 Å². The summed E-state index contributed by atoms with van der Waals surface area (Å²) < 4.78 is 66.4. The van der Waals surface area contributed by atoms with Crippen molar-refractivity contribution < 1.29 is 101 Å². The Morgan fingerprint density at radius 2 is 1.59 bits per heavy atom. The van der Waals surface area contributed by atoms with Gasteiger partial charge in [0.25, 0.3) is 21.9 Å². The first kappa shape index (κ1) is 76.2. The standard InChI is InChI=1S/C73H86N10O21S2/c1-42-48(47-20-21-49(77-58(47)64(91)92)44-17-16-43-12-10-26-81(52(43)30-44)68(95)79-67-78-50-13-7-8-14-54(50)105-67)32-75-83(42)41-72-36-70(2)35-71(3,37-72)39-73(38-70,40-72)102-29-27-80(4)69(96)101-33-45-18-19-46(103-66-61(89)59(87)60(88)62(104-66)65(93)94)31-53(45)100-28-11-24-74-63(90)51(34-106(97,98)99)76-55(84)15-6-5-9-25-82-56(85)22-23-57(82)86/h7-8,13-14,16-23,30-32,51,59-62,66,87-89H,5-6,9-12,15,24-29,33-41H2,1-4H3,(H,74,90)(H,76,84)(H,91,92)(H,93,94)(H,78,79,95)(H,97,98,99)/t51-,59-,60+,61-,62-,66+,70?,71?,72?,73?/m0/s1. The van der Waals surface area contributed by atoms with Gasteiger partial charge in [-0.2, -0.15) is 13.5 Å². The number of aliphatic carboxylic acids is 1. The summed E-state index contributed by atoms with van der Waals surface area (Å²) in [5, 5.41) is 65.1. The van der Waals surface area contributed by atoms with Gasteiger partial charge < -0.3 is 64.8 Å². The van der Waals surface area contributed by atoms with Gasteiger partial charge in [-0.05, 0) is 142 Å². The van der Waals surface area contributed by atoms with Crippen LogP contribution in [0.4, 0.5) is 20.4 Å². The number of urea groups is 1. The average molecular weight is 1500 g/mol. The van der Waals surface area contributed by atoms with Crippen LogP contribution in [0.5, 0.6) is 11.5 Å². The number of aromatic carboxylic acids is 1. The van der Waals surface area contributed by atoms with E-state index in [9.17, 15) is 76.9 Å². The molecule has 0 spiro atoms. The van der Waals surface area contributed by atoms with Crippen LogP contribution in [0.1, 0.15) is 118 Å². The SMILES string of the molecule is Cc1c(-c2ccc(-c3ccc4c(c3)N(C(=O)Nc3nc5ccccc5s3)CCC4)nc2C(=O)O)cnn1CC12CC3(C)CC(C)(C1)CC(OCCN(C)C(=O)OCc1ccc(O[C@@H]4O[C@H](C(=O)O)[C@H](O)[C@H](O)[C@@H]4O)cc1OCCCNC(=O)[C@H](CS(=O)(=O)O)NC(=O)CCCCCN1C(=O)C=CC1=O)(C3)C2. The Morgan fingerprint density at radius 1 is 0.840 bits per heavy atom. The second kappa shape index (κ2) is 31.1. The number of aryl methyl sites for hydroxylation is 1. The van der Waals surface area contributed by atoms with Crippen molar-refractivity contribution in [2.45, 2.75) is 160 Å². The van der Waals surface area contributed by atoms with Crippen LogP contribution in [0.2, 0.25) is 0 Å². The second-order valence-corrected chi connectivity index (χ2v) is 31.9. The highest BCUT2D eigenvalue weighted by Crippen LogP contribution is 2.72. The van der Waals surface area contributed by atoms with Crippen molar-refractivity contribution in [1.82, 2.24) is 40.2 Å². The number of hydrogen-bond acceptors (Lipinski definition) is 22. The molecule has 31 nitrogen and oxygen atoms in total. The second-order valence-electron chi connectivity index (χ2n) is 29.4. The van der Waals surface area contributed by atoms with E-state index in [1.807, 2.05) is 54.1 Å². The van der Waals surface area contributed by atoms with Crippen LogP contribution in [0.25, 0.3) is 32.6 Å². The molecule has 33 heteroatoms. The predicted molar refractivity (Wildman–Crippen MR) is 382 cm³/mol. The Kier molecular flexibility index (Phi) is 22.4. The van der Waals surface area contributed by atoms with E-state index in [1.54, 1.807) is 30.3 Å². The number of carboxylic acids is 2. The Hall–Kier alpha value is -9.48. The minimum Gasteiger partial charge on any atom is -0.493 e. The van der Waals surface area contributed by atoms with Crippen molar-refractivity contribution in [2.75, 3.05) is 62.4 Å². The Labute approximate surface area is 613 Å². The topological polar surface area (TPSA) is 428 Å². The van der Waals surface area contributed by atoms with Gasteiger partial charge in [-0.25, -0.2) is 29.1 Å². The maximum Gasteiger partial charge on any atom is 0.409 e. The number of hydrogen-bond donors (Lipinski definition) is 9. The van der Waals surface area contributed by atoms with E-state index in [0.29, 0.717) is 59.1 Å². The minimum absolute atomic E-state index is 0.0342. The zero-order valence-corrected chi connectivity index (χ0v) is 60.6. The van der Waals surface area contributed by atoms with Gasteiger partial charge in [-0.15, -0.1) is 0 Å². The van der Waals surface area contributed by atoms with Crippen molar-refractivity contribution in [3.05, 3.63) is 114 Å². The summed E-state index contributed by atoms with van der Waals surface area (Å²) in [5.41, 5.74) is 4.60. The van der Waals surface area contributed by atoms with Crippen LogP contribution >= 0.6 is 11.3 Å². The first-order valence-electron chi connectivity index (χ1n) is 35.1. The number of carboxylic acid groups (broad SMARTS) is 2. The first-order valence-corrected chi connectivity index (χ1v) is 37.6. The number of nitrogens with one attached hydrogen (secondary N) is 3. The summed E-state index contributed by atoms with van der Waals surface area (Å²) in [4.78, 5) is 116. The molecule has 2 unspecified atom stereocenters. The molecule has 6 aromatic rings. The molecule has 3 aromatic carbocycles. The number of imide groups is 1. The smallest absolute Gasteiger partial charge is 0.409 e.